The molecular weight excluding hydrogens is 154 g/mol. The summed E-state index contributed by atoms with van der Waals surface area (Å²) in [6.07, 6.45) is 4.24. The zero-order valence-corrected chi connectivity index (χ0v) is 8.49. The normalized spacial score (nSPS) is 17.7. The average Bonchev–Trinajstić information content (AvgIpc) is 2.73. The van der Waals surface area contributed by atoms with Crippen molar-refractivity contribution in [2.45, 2.75) is 33.1 Å². The van der Waals surface area contributed by atoms with Crippen LogP contribution in [0.3, 0.4) is 0 Å². The minimum atomic E-state index is 1.04. The van der Waals surface area contributed by atoms with Gasteiger partial charge in [-0.25, -0.2) is 0 Å². The summed E-state index contributed by atoms with van der Waals surface area (Å²) in [7, 11) is 0. The summed E-state index contributed by atoms with van der Waals surface area (Å²) in [5.74, 6) is 2.27. The lowest BCUT2D eigenvalue weighted by molar-refractivity contribution is 0.447. The highest BCUT2D eigenvalue weighted by molar-refractivity contribution is 7.96. The van der Waals surface area contributed by atoms with E-state index in [9.17, 15) is 0 Å². The molecule has 0 N–H and O–H groups in total. The summed E-state index contributed by atoms with van der Waals surface area (Å²) in [5, 5.41) is 0. The third-order valence-electron chi connectivity index (χ3n) is 1.94. The minimum absolute atomic E-state index is 1.04. The van der Waals surface area contributed by atoms with Crippen LogP contribution in [0, 0.1) is 5.92 Å². The van der Waals surface area contributed by atoms with E-state index >= 15 is 0 Å². The fourth-order valence-corrected chi connectivity index (χ4v) is 2.22. The predicted molar refractivity (Wildman–Crippen MR) is 52.7 cm³/mol. The van der Waals surface area contributed by atoms with Gasteiger partial charge in [0.1, 0.15) is 0 Å². The Morgan fingerprint density at radius 1 is 1.36 bits per heavy atom. The van der Waals surface area contributed by atoms with E-state index in [4.69, 9.17) is 0 Å². The Morgan fingerprint density at radius 2 is 2.09 bits per heavy atom. The van der Waals surface area contributed by atoms with Gasteiger partial charge in [0.05, 0.1) is 0 Å². The van der Waals surface area contributed by atoms with E-state index in [-0.39, 0.29) is 0 Å². The zero-order valence-electron chi connectivity index (χ0n) is 7.68. The Bertz CT molecular complexity index is 95.7. The molecule has 0 saturated heterocycles. The second-order valence-electron chi connectivity index (χ2n) is 3.25. The molecule has 0 atom stereocenters. The molecule has 1 fully saturated rings. The molecule has 1 aliphatic rings. The van der Waals surface area contributed by atoms with Crippen molar-refractivity contribution >= 4 is 11.9 Å². The summed E-state index contributed by atoms with van der Waals surface area (Å²) >= 11 is 2.00. The van der Waals surface area contributed by atoms with Gasteiger partial charge in [-0.2, -0.15) is 0 Å². The molecule has 1 rings (SSSR count). The first kappa shape index (κ1) is 9.40. The third-order valence-corrected chi connectivity index (χ3v) is 2.90. The van der Waals surface area contributed by atoms with Crippen LogP contribution in [0.5, 0.6) is 0 Å². The molecule has 66 valence electrons. The summed E-state index contributed by atoms with van der Waals surface area (Å²) < 4.78 is 2.54. The lowest BCUT2D eigenvalue weighted by Gasteiger charge is -2.18. The van der Waals surface area contributed by atoms with E-state index in [0.717, 1.165) is 5.92 Å². The molecule has 0 unspecified atom stereocenters. The van der Waals surface area contributed by atoms with Crippen LogP contribution in [-0.4, -0.2) is 23.1 Å². The first-order valence-electron chi connectivity index (χ1n) is 4.74. The predicted octanol–water partition coefficient (Wildman–Crippen LogP) is 2.78. The fourth-order valence-electron chi connectivity index (χ4n) is 1.23. The van der Waals surface area contributed by atoms with Gasteiger partial charge in [0.25, 0.3) is 0 Å². The Morgan fingerprint density at radius 3 is 2.55 bits per heavy atom. The molecule has 2 heteroatoms. The second kappa shape index (κ2) is 5.04. The molecule has 0 aliphatic heterocycles. The molecule has 1 aliphatic carbocycles. The molecule has 11 heavy (non-hydrogen) atoms. The number of hydrogen-bond donors (Lipinski definition) is 0. The molecule has 0 heterocycles. The number of rotatable bonds is 6. The van der Waals surface area contributed by atoms with Crippen LogP contribution in [-0.2, 0) is 0 Å². The number of nitrogens with zero attached hydrogens (tertiary/aromatic N) is 1. The van der Waals surface area contributed by atoms with Gasteiger partial charge in [-0.1, -0.05) is 25.8 Å². The molecule has 0 aromatic carbocycles. The highest BCUT2D eigenvalue weighted by atomic mass is 32.2. The largest absolute Gasteiger partial charge is 0.250 e. The van der Waals surface area contributed by atoms with E-state index in [1.165, 1.54) is 38.1 Å². The highest BCUT2D eigenvalue weighted by Crippen LogP contribution is 2.31. The van der Waals surface area contributed by atoms with E-state index in [0.29, 0.717) is 0 Å². The Balaban J connectivity index is 2.08. The SMILES string of the molecule is CCCN(CC1CC1)SCC. The van der Waals surface area contributed by atoms with Crippen molar-refractivity contribution in [2.24, 2.45) is 5.92 Å². The van der Waals surface area contributed by atoms with Crippen molar-refractivity contribution in [3.63, 3.8) is 0 Å². The van der Waals surface area contributed by atoms with Gasteiger partial charge in [-0.3, -0.25) is 4.31 Å². The zero-order chi connectivity index (χ0) is 8.10. The molecule has 0 aromatic heterocycles. The molecule has 0 bridgehead atoms. The van der Waals surface area contributed by atoms with Crippen molar-refractivity contribution < 1.29 is 0 Å². The summed E-state index contributed by atoms with van der Waals surface area (Å²) in [5.41, 5.74) is 0. The average molecular weight is 173 g/mol. The standard InChI is InChI=1S/C9H19NS/c1-3-7-10(11-4-2)8-9-5-6-9/h9H,3-8H2,1-2H3. The first-order valence-corrected chi connectivity index (χ1v) is 5.69. The molecular formula is C9H19NS. The quantitative estimate of drug-likeness (QED) is 0.568. The fraction of sp³-hybridized carbons (Fsp3) is 1.00. The Labute approximate surface area is 74.7 Å². The van der Waals surface area contributed by atoms with Gasteiger partial charge in [0, 0.05) is 18.8 Å². The maximum atomic E-state index is 2.54. The summed E-state index contributed by atoms with van der Waals surface area (Å²) in [6.45, 7) is 7.11. The van der Waals surface area contributed by atoms with E-state index in [1.807, 2.05) is 11.9 Å². The highest BCUT2D eigenvalue weighted by Gasteiger charge is 2.23. The smallest absolute Gasteiger partial charge is 0.0118 e. The molecule has 0 amide bonds. The van der Waals surface area contributed by atoms with Crippen LogP contribution in [0.4, 0.5) is 0 Å². The van der Waals surface area contributed by atoms with Crippen molar-refractivity contribution in [2.75, 3.05) is 18.8 Å². The minimum Gasteiger partial charge on any atom is -0.250 e. The van der Waals surface area contributed by atoms with Gasteiger partial charge in [-0.15, -0.1) is 0 Å². The van der Waals surface area contributed by atoms with Crippen LogP contribution in [0.1, 0.15) is 33.1 Å². The van der Waals surface area contributed by atoms with Gasteiger partial charge in [0.15, 0.2) is 0 Å². The summed E-state index contributed by atoms with van der Waals surface area (Å²) in [4.78, 5) is 0. The lowest BCUT2D eigenvalue weighted by atomic mass is 10.4. The van der Waals surface area contributed by atoms with Crippen molar-refractivity contribution in [3.05, 3.63) is 0 Å². The van der Waals surface area contributed by atoms with Crippen LogP contribution in [0.2, 0.25) is 0 Å². The van der Waals surface area contributed by atoms with Crippen molar-refractivity contribution in [1.29, 1.82) is 0 Å². The van der Waals surface area contributed by atoms with Crippen LogP contribution in [0.25, 0.3) is 0 Å². The van der Waals surface area contributed by atoms with Crippen molar-refractivity contribution in [3.8, 4) is 0 Å². The molecule has 0 aromatic rings. The van der Waals surface area contributed by atoms with Crippen LogP contribution >= 0.6 is 11.9 Å². The third kappa shape index (κ3) is 4.02. The van der Waals surface area contributed by atoms with Gasteiger partial charge >= 0.3 is 0 Å². The van der Waals surface area contributed by atoms with Gasteiger partial charge in [0.2, 0.25) is 0 Å². The lowest BCUT2D eigenvalue weighted by Crippen LogP contribution is -2.19. The van der Waals surface area contributed by atoms with E-state index in [2.05, 4.69) is 18.2 Å². The van der Waals surface area contributed by atoms with Gasteiger partial charge in [-0.05, 0) is 25.2 Å². The van der Waals surface area contributed by atoms with Crippen LogP contribution < -0.4 is 0 Å². The summed E-state index contributed by atoms with van der Waals surface area (Å²) in [6, 6.07) is 0. The van der Waals surface area contributed by atoms with Gasteiger partial charge < -0.3 is 0 Å². The Hall–Kier alpha value is 0.310. The molecule has 1 saturated carbocycles. The van der Waals surface area contributed by atoms with E-state index < -0.39 is 0 Å². The Kier molecular flexibility index (Phi) is 4.31. The molecule has 0 spiro atoms. The number of hydrogen-bond acceptors (Lipinski definition) is 2. The van der Waals surface area contributed by atoms with E-state index in [1.54, 1.807) is 0 Å². The maximum absolute atomic E-state index is 2.54. The second-order valence-corrected chi connectivity index (χ2v) is 4.60. The van der Waals surface area contributed by atoms with Crippen molar-refractivity contribution in [1.82, 2.24) is 4.31 Å². The first-order chi connectivity index (χ1) is 5.36. The topological polar surface area (TPSA) is 3.24 Å². The maximum Gasteiger partial charge on any atom is 0.0118 e. The van der Waals surface area contributed by atoms with Crippen LogP contribution in [0.15, 0.2) is 0 Å². The molecule has 1 nitrogen and oxygen atoms in total. The monoisotopic (exact) mass is 173 g/mol. The molecule has 0 radical (unpaired) electrons.